The maximum atomic E-state index is 8.27. The highest BCUT2D eigenvalue weighted by Gasteiger charge is 2.05. The summed E-state index contributed by atoms with van der Waals surface area (Å²) in [6.07, 6.45) is 0. The summed E-state index contributed by atoms with van der Waals surface area (Å²) in [4.78, 5) is 1.99. The molecule has 0 atom stereocenters. The molecule has 50 valence electrons. The van der Waals surface area contributed by atoms with Gasteiger partial charge < -0.3 is 0 Å². The van der Waals surface area contributed by atoms with Gasteiger partial charge in [0, 0.05) is 6.67 Å². The van der Waals surface area contributed by atoms with Crippen LogP contribution in [0, 0.1) is 11.3 Å². The second-order valence-electron chi connectivity index (χ2n) is 1.98. The van der Waals surface area contributed by atoms with Crippen molar-refractivity contribution in [2.75, 3.05) is 26.6 Å². The fourth-order valence-electron chi connectivity index (χ4n) is 0.784. The first-order valence-electron chi connectivity index (χ1n) is 2.94. The summed E-state index contributed by atoms with van der Waals surface area (Å²) in [7, 11) is 0. The minimum atomic E-state index is 0.500. The van der Waals surface area contributed by atoms with E-state index in [2.05, 4.69) is 16.7 Å². The van der Waals surface area contributed by atoms with E-state index < -0.39 is 0 Å². The number of rotatable bonds is 1. The van der Waals surface area contributed by atoms with Gasteiger partial charge in [-0.2, -0.15) is 5.26 Å². The fourth-order valence-corrected chi connectivity index (χ4v) is 0.784. The van der Waals surface area contributed by atoms with Crippen molar-refractivity contribution in [3.05, 3.63) is 0 Å². The third-order valence-electron chi connectivity index (χ3n) is 1.22. The lowest BCUT2D eigenvalue weighted by Gasteiger charge is -2.25. The second-order valence-corrected chi connectivity index (χ2v) is 1.98. The van der Waals surface area contributed by atoms with Crippen LogP contribution in [0.15, 0.2) is 0 Å². The van der Waals surface area contributed by atoms with E-state index in [4.69, 9.17) is 5.26 Å². The molecule has 9 heavy (non-hydrogen) atoms. The van der Waals surface area contributed by atoms with Gasteiger partial charge in [0.25, 0.3) is 0 Å². The van der Waals surface area contributed by atoms with Gasteiger partial charge in [-0.25, -0.2) is 0 Å². The number of nitrogens with one attached hydrogen (secondary N) is 2. The monoisotopic (exact) mass is 126 g/mol. The van der Waals surface area contributed by atoms with E-state index in [1.165, 1.54) is 0 Å². The second kappa shape index (κ2) is 3.41. The predicted molar refractivity (Wildman–Crippen MR) is 33.2 cm³/mol. The van der Waals surface area contributed by atoms with Crippen LogP contribution in [0.5, 0.6) is 0 Å². The van der Waals surface area contributed by atoms with Crippen LogP contribution in [0.25, 0.3) is 0 Å². The van der Waals surface area contributed by atoms with Crippen molar-refractivity contribution in [1.82, 2.24) is 15.5 Å². The van der Waals surface area contributed by atoms with E-state index in [0.717, 1.165) is 20.0 Å². The van der Waals surface area contributed by atoms with Gasteiger partial charge in [-0.3, -0.25) is 15.5 Å². The standard InChI is InChI=1S/C5H10N4/c6-1-2-9-4-7-3-8-5-9/h7-8H,2-5H2. The Hall–Kier alpha value is -0.630. The molecule has 0 spiro atoms. The van der Waals surface area contributed by atoms with Crippen LogP contribution in [-0.4, -0.2) is 31.5 Å². The Balaban J connectivity index is 2.17. The van der Waals surface area contributed by atoms with Crippen LogP contribution < -0.4 is 10.6 Å². The largest absolute Gasteiger partial charge is 0.292 e. The minimum absolute atomic E-state index is 0.500. The highest BCUT2D eigenvalue weighted by molar-refractivity contribution is 4.76. The molecular weight excluding hydrogens is 116 g/mol. The van der Waals surface area contributed by atoms with Crippen LogP contribution in [0.4, 0.5) is 0 Å². The van der Waals surface area contributed by atoms with Gasteiger partial charge in [-0.15, -0.1) is 0 Å². The molecule has 1 saturated heterocycles. The van der Waals surface area contributed by atoms with E-state index in [-0.39, 0.29) is 0 Å². The highest BCUT2D eigenvalue weighted by atomic mass is 15.4. The Kier molecular flexibility index (Phi) is 2.46. The number of hydrogen-bond acceptors (Lipinski definition) is 4. The van der Waals surface area contributed by atoms with Crippen LogP contribution in [0.3, 0.4) is 0 Å². The molecule has 0 saturated carbocycles. The summed E-state index contributed by atoms with van der Waals surface area (Å²) in [6.45, 7) is 2.99. The molecule has 1 aliphatic rings. The minimum Gasteiger partial charge on any atom is -0.292 e. The van der Waals surface area contributed by atoms with Crippen molar-refractivity contribution >= 4 is 0 Å². The first-order chi connectivity index (χ1) is 4.43. The Morgan fingerprint density at radius 2 is 2.11 bits per heavy atom. The maximum Gasteiger partial charge on any atom is 0.0886 e. The SMILES string of the molecule is N#CCN1CNCNC1. The molecule has 1 fully saturated rings. The lowest BCUT2D eigenvalue weighted by Crippen LogP contribution is -2.50. The molecule has 0 unspecified atom stereocenters. The van der Waals surface area contributed by atoms with Crippen molar-refractivity contribution < 1.29 is 0 Å². The summed E-state index contributed by atoms with van der Waals surface area (Å²) in [5, 5.41) is 14.4. The Morgan fingerprint density at radius 1 is 1.44 bits per heavy atom. The van der Waals surface area contributed by atoms with E-state index >= 15 is 0 Å². The smallest absolute Gasteiger partial charge is 0.0886 e. The molecular formula is C5H10N4. The zero-order valence-corrected chi connectivity index (χ0v) is 5.22. The van der Waals surface area contributed by atoms with Crippen LogP contribution in [0.2, 0.25) is 0 Å². The predicted octanol–water partition coefficient (Wildman–Crippen LogP) is -1.12. The molecule has 0 aromatic carbocycles. The van der Waals surface area contributed by atoms with Gasteiger partial charge in [0.2, 0.25) is 0 Å². The van der Waals surface area contributed by atoms with Crippen molar-refractivity contribution in [2.45, 2.75) is 0 Å². The van der Waals surface area contributed by atoms with Gasteiger partial charge in [-0.1, -0.05) is 0 Å². The molecule has 4 nitrogen and oxygen atoms in total. The molecule has 2 N–H and O–H groups in total. The van der Waals surface area contributed by atoms with Crippen LogP contribution in [-0.2, 0) is 0 Å². The molecule has 1 aliphatic heterocycles. The average molecular weight is 126 g/mol. The normalized spacial score (nSPS) is 21.2. The van der Waals surface area contributed by atoms with E-state index in [1.807, 2.05) is 4.90 Å². The Morgan fingerprint density at radius 3 is 2.67 bits per heavy atom. The van der Waals surface area contributed by atoms with Gasteiger partial charge >= 0.3 is 0 Å². The van der Waals surface area contributed by atoms with Crippen LogP contribution in [0.1, 0.15) is 0 Å². The maximum absolute atomic E-state index is 8.27. The van der Waals surface area contributed by atoms with Crippen molar-refractivity contribution in [3.63, 3.8) is 0 Å². The van der Waals surface area contributed by atoms with Gasteiger partial charge in [0.15, 0.2) is 0 Å². The van der Waals surface area contributed by atoms with Crippen molar-refractivity contribution in [3.8, 4) is 6.07 Å². The molecule has 0 aromatic heterocycles. The summed E-state index contributed by atoms with van der Waals surface area (Å²) in [6, 6.07) is 2.08. The Labute approximate surface area is 54.4 Å². The quantitative estimate of drug-likeness (QED) is 0.437. The average Bonchev–Trinajstić information content (AvgIpc) is 1.91. The first-order valence-corrected chi connectivity index (χ1v) is 2.94. The summed E-state index contributed by atoms with van der Waals surface area (Å²) < 4.78 is 0. The van der Waals surface area contributed by atoms with Gasteiger partial charge in [0.1, 0.15) is 0 Å². The number of nitrogens with zero attached hydrogens (tertiary/aromatic N) is 2. The first kappa shape index (κ1) is 6.49. The molecule has 1 rings (SSSR count). The number of hydrogen-bond donors (Lipinski definition) is 2. The Bertz CT molecular complexity index is 111. The van der Waals surface area contributed by atoms with Crippen molar-refractivity contribution in [1.29, 1.82) is 5.26 Å². The summed E-state index contributed by atoms with van der Waals surface area (Å²) in [5.41, 5.74) is 0. The van der Waals surface area contributed by atoms with E-state index in [9.17, 15) is 0 Å². The molecule has 0 amide bonds. The van der Waals surface area contributed by atoms with Crippen LogP contribution >= 0.6 is 0 Å². The third kappa shape index (κ3) is 1.98. The van der Waals surface area contributed by atoms with E-state index in [1.54, 1.807) is 0 Å². The molecule has 0 aromatic rings. The highest BCUT2D eigenvalue weighted by Crippen LogP contribution is 1.83. The lowest BCUT2D eigenvalue weighted by molar-refractivity contribution is 0.213. The third-order valence-corrected chi connectivity index (χ3v) is 1.22. The molecule has 4 heteroatoms. The van der Waals surface area contributed by atoms with Gasteiger partial charge in [0.05, 0.1) is 26.0 Å². The number of nitriles is 1. The zero-order chi connectivity index (χ0) is 6.53. The molecule has 0 radical (unpaired) electrons. The van der Waals surface area contributed by atoms with E-state index in [0.29, 0.717) is 6.54 Å². The topological polar surface area (TPSA) is 51.1 Å². The van der Waals surface area contributed by atoms with Gasteiger partial charge in [-0.05, 0) is 0 Å². The zero-order valence-electron chi connectivity index (χ0n) is 5.22. The molecule has 0 aliphatic carbocycles. The summed E-state index contributed by atoms with van der Waals surface area (Å²) >= 11 is 0. The van der Waals surface area contributed by atoms with Crippen molar-refractivity contribution in [2.24, 2.45) is 0 Å². The molecule has 1 heterocycles. The summed E-state index contributed by atoms with van der Waals surface area (Å²) in [5.74, 6) is 0. The fraction of sp³-hybridized carbons (Fsp3) is 0.800. The lowest BCUT2D eigenvalue weighted by atomic mass is 10.6. The molecule has 0 bridgehead atoms.